The molecule has 8 bridgehead atoms. The number of carbonyl (C=O) groups is 2. The first-order valence-electron chi connectivity index (χ1n) is 15.4. The van der Waals surface area contributed by atoms with E-state index in [2.05, 4.69) is 69.7 Å². The molecule has 45 heavy (non-hydrogen) atoms. The van der Waals surface area contributed by atoms with Crippen LogP contribution in [-0.2, 0) is 49.0 Å². The van der Waals surface area contributed by atoms with Gasteiger partial charge in [0.25, 0.3) is 0 Å². The Hall–Kier alpha value is -3.94. The number of carbonyl (C=O) groups excluding carboxylic acids is 2. The number of allylic oxidation sites excluding steroid dienone is 4. The summed E-state index contributed by atoms with van der Waals surface area (Å²) < 4.78 is 9.91. The molecule has 3 aromatic rings. The second-order valence-electron chi connectivity index (χ2n) is 11.5. The van der Waals surface area contributed by atoms with Gasteiger partial charge in [-0.25, -0.2) is 9.97 Å². The maximum atomic E-state index is 12.2. The number of esters is 2. The van der Waals surface area contributed by atoms with Crippen LogP contribution in [0.2, 0.25) is 0 Å². The topological polar surface area (TPSA) is 110 Å². The van der Waals surface area contributed by atoms with Crippen molar-refractivity contribution in [3.05, 3.63) is 69.3 Å². The molecule has 0 spiro atoms. The zero-order valence-corrected chi connectivity index (χ0v) is 28.3. The molecule has 3 aromatic heterocycles. The Morgan fingerprint density at radius 3 is 1.44 bits per heavy atom. The fraction of sp³-hybridized carbons (Fsp3) is 0.389. The van der Waals surface area contributed by atoms with E-state index in [0.29, 0.717) is 12.8 Å². The van der Waals surface area contributed by atoms with Crippen LogP contribution in [0.4, 0.5) is 0 Å². The Morgan fingerprint density at radius 1 is 0.622 bits per heavy atom. The summed E-state index contributed by atoms with van der Waals surface area (Å²) in [4.78, 5) is 41.9. The van der Waals surface area contributed by atoms with Gasteiger partial charge in [-0.3, -0.25) is 9.59 Å². The van der Waals surface area contributed by atoms with Gasteiger partial charge in [0.2, 0.25) is 0 Å². The molecule has 1 radical (unpaired) electrons. The van der Waals surface area contributed by atoms with Gasteiger partial charge in [0.15, 0.2) is 0 Å². The van der Waals surface area contributed by atoms with Gasteiger partial charge in [-0.15, -0.1) is 0 Å². The van der Waals surface area contributed by atoms with E-state index in [9.17, 15) is 9.59 Å². The van der Waals surface area contributed by atoms with Gasteiger partial charge in [0, 0.05) is 34.9 Å². The second-order valence-corrected chi connectivity index (χ2v) is 11.5. The normalized spacial score (nSPS) is 12.8. The van der Waals surface area contributed by atoms with Gasteiger partial charge in [0.1, 0.15) is 0 Å². The number of H-pyrrole nitrogens is 2. The standard InChI is InChI=1S/C36H42N4O4.Cu/c1-9-23-19(3)27-15-28-21(5)25(11-13-35(41)43-7)33(39-28)18-34-26(12-14-36(42)44-8)22(6)30(40-34)17-32-24(10-2)20(4)29(38-32)16-31(23)37-27;/h15-18,37-38H,9-14H2,1-8H3;/q;+2. The van der Waals surface area contributed by atoms with Crippen LogP contribution in [0.25, 0.3) is 44.4 Å². The summed E-state index contributed by atoms with van der Waals surface area (Å²) in [5.74, 6) is -0.530. The molecule has 9 heteroatoms. The summed E-state index contributed by atoms with van der Waals surface area (Å²) in [6.45, 7) is 12.8. The largest absolute Gasteiger partial charge is 2.00 e. The average Bonchev–Trinajstić information content (AvgIpc) is 3.67. The number of aryl methyl sites for hydroxylation is 4. The monoisotopic (exact) mass is 657 g/mol. The molecule has 0 saturated carbocycles. The van der Waals surface area contributed by atoms with Crippen molar-refractivity contribution in [1.29, 1.82) is 0 Å². The third kappa shape index (κ3) is 6.56. The van der Waals surface area contributed by atoms with Crippen LogP contribution < -0.4 is 0 Å². The zero-order valence-electron chi connectivity index (χ0n) is 27.4. The van der Waals surface area contributed by atoms with Gasteiger partial charge >= 0.3 is 29.0 Å². The zero-order chi connectivity index (χ0) is 31.7. The fourth-order valence-electron chi connectivity index (χ4n) is 6.42. The van der Waals surface area contributed by atoms with Crippen LogP contribution in [0.1, 0.15) is 98.4 Å². The summed E-state index contributed by atoms with van der Waals surface area (Å²) in [6.07, 6.45) is 3.26. The molecular formula is C36H42CuN4O4+2. The molecule has 0 saturated heterocycles. The predicted molar refractivity (Wildman–Crippen MR) is 177 cm³/mol. The van der Waals surface area contributed by atoms with Crippen LogP contribution in [-0.4, -0.2) is 46.1 Å². The van der Waals surface area contributed by atoms with Gasteiger partial charge in [-0.05, 0) is 122 Å². The molecule has 5 rings (SSSR count). The van der Waals surface area contributed by atoms with Gasteiger partial charge in [0.05, 0.1) is 37.0 Å². The number of hydrogen-bond acceptors (Lipinski definition) is 6. The summed E-state index contributed by atoms with van der Waals surface area (Å²) in [5.41, 5.74) is 16.4. The number of hydrogen-bond donors (Lipinski definition) is 2. The number of ether oxygens (including phenoxy) is 2. The first kappa shape index (κ1) is 33.9. The van der Waals surface area contributed by atoms with E-state index in [1.165, 1.54) is 36.5 Å². The Balaban J connectivity index is 0.00000461. The Labute approximate surface area is 275 Å². The van der Waals surface area contributed by atoms with Crippen molar-refractivity contribution in [2.75, 3.05) is 14.2 Å². The van der Waals surface area contributed by atoms with E-state index in [1.54, 1.807) is 0 Å². The molecule has 2 aliphatic rings. The van der Waals surface area contributed by atoms with Crippen molar-refractivity contribution in [3.63, 3.8) is 0 Å². The smallest absolute Gasteiger partial charge is 0.469 e. The van der Waals surface area contributed by atoms with Crippen LogP contribution in [0.5, 0.6) is 0 Å². The number of nitrogens with zero attached hydrogens (tertiary/aromatic N) is 2. The molecule has 0 aliphatic carbocycles. The van der Waals surface area contributed by atoms with E-state index < -0.39 is 0 Å². The molecule has 0 unspecified atom stereocenters. The number of nitrogens with one attached hydrogen (secondary N) is 2. The maximum Gasteiger partial charge on any atom is 2.00 e. The van der Waals surface area contributed by atoms with Crippen LogP contribution >= 0.6 is 0 Å². The van der Waals surface area contributed by atoms with E-state index in [1.807, 2.05) is 6.07 Å². The van der Waals surface area contributed by atoms with Crippen molar-refractivity contribution in [2.24, 2.45) is 0 Å². The van der Waals surface area contributed by atoms with Crippen LogP contribution in [0, 0.1) is 13.8 Å². The van der Waals surface area contributed by atoms with Gasteiger partial charge < -0.3 is 19.4 Å². The summed E-state index contributed by atoms with van der Waals surface area (Å²) in [6, 6.07) is 8.45. The SMILES string of the molecule is CCc1c(C)c2cc3[nH]c(cc4nc(cc5nc(cc1[nH]2)C(C)=C5CCC(=O)OC)C(CCC(=O)OC)=C4C)c(C)c3CC.[Cu+2]. The van der Waals surface area contributed by atoms with E-state index in [0.717, 1.165) is 80.0 Å². The minimum atomic E-state index is -0.265. The molecule has 0 aromatic carbocycles. The summed E-state index contributed by atoms with van der Waals surface area (Å²) in [7, 11) is 2.82. The van der Waals surface area contributed by atoms with Gasteiger partial charge in [-0.1, -0.05) is 13.8 Å². The van der Waals surface area contributed by atoms with Gasteiger partial charge in [-0.2, -0.15) is 0 Å². The molecular weight excluding hydrogens is 616 g/mol. The molecule has 2 aliphatic heterocycles. The van der Waals surface area contributed by atoms with E-state index in [4.69, 9.17) is 19.4 Å². The molecule has 0 amide bonds. The second kappa shape index (κ2) is 14.0. The molecule has 8 nitrogen and oxygen atoms in total. The van der Waals surface area contributed by atoms with Crippen LogP contribution in [0.15, 0.2) is 24.3 Å². The fourth-order valence-corrected chi connectivity index (χ4v) is 6.42. The minimum Gasteiger partial charge on any atom is -0.469 e. The summed E-state index contributed by atoms with van der Waals surface area (Å²) in [5, 5.41) is 0. The molecule has 5 heterocycles. The molecule has 0 fully saturated rings. The van der Waals surface area contributed by atoms with E-state index in [-0.39, 0.29) is 41.8 Å². The summed E-state index contributed by atoms with van der Waals surface area (Å²) >= 11 is 0. The third-order valence-electron chi connectivity index (χ3n) is 9.12. The van der Waals surface area contributed by atoms with Crippen molar-refractivity contribution in [1.82, 2.24) is 19.9 Å². The van der Waals surface area contributed by atoms with Crippen LogP contribution in [0.3, 0.4) is 0 Å². The number of fused-ring (bicyclic) bond motifs is 8. The average molecular weight is 658 g/mol. The Bertz CT molecular complexity index is 1890. The molecule has 239 valence electrons. The molecule has 2 N–H and O–H groups in total. The number of methoxy groups -OCH3 is 2. The number of aromatic amines is 2. The first-order valence-corrected chi connectivity index (χ1v) is 15.4. The Morgan fingerprint density at radius 2 is 1.02 bits per heavy atom. The Kier molecular flexibility index (Phi) is 10.6. The van der Waals surface area contributed by atoms with Crippen molar-refractivity contribution >= 4 is 56.3 Å². The first-order chi connectivity index (χ1) is 21.1. The predicted octanol–water partition coefficient (Wildman–Crippen LogP) is 7.82. The number of aromatic nitrogens is 4. The molecule has 0 atom stereocenters. The van der Waals surface area contributed by atoms with E-state index >= 15 is 0 Å². The van der Waals surface area contributed by atoms with Crippen molar-refractivity contribution in [3.8, 4) is 0 Å². The third-order valence-corrected chi connectivity index (χ3v) is 9.12. The maximum absolute atomic E-state index is 12.2. The quantitative estimate of drug-likeness (QED) is 0.189. The number of rotatable bonds is 8. The van der Waals surface area contributed by atoms with Crippen molar-refractivity contribution in [2.45, 2.75) is 80.1 Å². The van der Waals surface area contributed by atoms with Crippen molar-refractivity contribution < 1.29 is 36.1 Å². The minimum absolute atomic E-state index is 0.